The van der Waals surface area contributed by atoms with Crippen molar-refractivity contribution in [3.63, 3.8) is 0 Å². The summed E-state index contributed by atoms with van der Waals surface area (Å²) >= 11 is 0. The molecule has 2 rings (SSSR count). The van der Waals surface area contributed by atoms with Crippen molar-refractivity contribution in [1.82, 2.24) is 10.3 Å². The Morgan fingerprint density at radius 2 is 2.43 bits per heavy atom. The van der Waals surface area contributed by atoms with Crippen LogP contribution in [-0.2, 0) is 0 Å². The Labute approximate surface area is 123 Å². The van der Waals surface area contributed by atoms with Crippen LogP contribution in [-0.4, -0.2) is 36.1 Å². The highest BCUT2D eigenvalue weighted by Crippen LogP contribution is 2.22. The molecule has 0 aromatic carbocycles. The summed E-state index contributed by atoms with van der Waals surface area (Å²) < 4.78 is 0. The first-order valence-corrected chi connectivity index (χ1v) is 7.17. The molecule has 21 heavy (non-hydrogen) atoms. The lowest BCUT2D eigenvalue weighted by Gasteiger charge is -2.30. The van der Waals surface area contributed by atoms with Gasteiger partial charge in [-0.3, -0.25) is 10.1 Å². The van der Waals surface area contributed by atoms with Crippen LogP contribution in [0.3, 0.4) is 0 Å². The first-order chi connectivity index (χ1) is 10.2. The number of rotatable bonds is 5. The molecule has 0 amide bonds. The molecule has 1 saturated heterocycles. The number of hydrogen-bond acceptors (Lipinski definition) is 6. The van der Waals surface area contributed by atoms with Gasteiger partial charge in [0.05, 0.1) is 4.92 Å². The molecule has 7 nitrogen and oxygen atoms in total. The Hall–Kier alpha value is -2.20. The number of nitriles is 1. The predicted octanol–water partition coefficient (Wildman–Crippen LogP) is 1.69. The van der Waals surface area contributed by atoms with Crippen molar-refractivity contribution in [2.24, 2.45) is 5.92 Å². The highest BCUT2D eigenvalue weighted by Gasteiger charge is 2.20. The minimum atomic E-state index is -0.573. The van der Waals surface area contributed by atoms with Gasteiger partial charge in [-0.25, -0.2) is 4.98 Å². The molecular weight excluding hydrogens is 270 g/mol. The Morgan fingerprint density at radius 3 is 3.00 bits per heavy atom. The monoisotopic (exact) mass is 289 g/mol. The molecule has 0 saturated carbocycles. The van der Waals surface area contributed by atoms with E-state index in [0.29, 0.717) is 11.7 Å². The number of aromatic nitrogens is 1. The van der Waals surface area contributed by atoms with E-state index in [0.717, 1.165) is 26.2 Å². The van der Waals surface area contributed by atoms with Gasteiger partial charge in [0.1, 0.15) is 11.9 Å². The summed E-state index contributed by atoms with van der Waals surface area (Å²) in [6.07, 6.45) is 2.33. The van der Waals surface area contributed by atoms with Gasteiger partial charge in [-0.05, 0) is 44.8 Å². The number of piperidine rings is 1. The molecule has 1 aliphatic heterocycles. The molecule has 1 atom stereocenters. The Balaban J connectivity index is 2.17. The topological polar surface area (TPSA) is 95.1 Å². The van der Waals surface area contributed by atoms with Crippen LogP contribution >= 0.6 is 0 Å². The van der Waals surface area contributed by atoms with Crippen LogP contribution in [0.25, 0.3) is 0 Å². The Morgan fingerprint density at radius 1 is 1.62 bits per heavy atom. The molecule has 1 aromatic rings. The van der Waals surface area contributed by atoms with Crippen molar-refractivity contribution in [1.29, 1.82) is 5.26 Å². The zero-order valence-corrected chi connectivity index (χ0v) is 12.1. The van der Waals surface area contributed by atoms with Gasteiger partial charge in [0.2, 0.25) is 5.69 Å². The molecule has 0 bridgehead atoms. The van der Waals surface area contributed by atoms with E-state index in [2.05, 4.69) is 15.2 Å². The molecule has 112 valence electrons. The summed E-state index contributed by atoms with van der Waals surface area (Å²) in [5, 5.41) is 23.2. The molecule has 1 fully saturated rings. The fraction of sp³-hybridized carbons (Fsp3) is 0.571. The number of hydrogen-bond donors (Lipinski definition) is 1. The van der Waals surface area contributed by atoms with Gasteiger partial charge in [0.25, 0.3) is 0 Å². The third-order valence-corrected chi connectivity index (χ3v) is 3.75. The van der Waals surface area contributed by atoms with Crippen LogP contribution in [0.5, 0.6) is 0 Å². The summed E-state index contributed by atoms with van der Waals surface area (Å²) in [6, 6.07) is 4.80. The van der Waals surface area contributed by atoms with E-state index in [1.165, 1.54) is 18.9 Å². The molecule has 1 aliphatic rings. The maximum atomic E-state index is 10.8. The summed E-state index contributed by atoms with van der Waals surface area (Å²) in [5.74, 6) is 1.17. The second kappa shape index (κ2) is 6.99. The predicted molar refractivity (Wildman–Crippen MR) is 79.1 cm³/mol. The van der Waals surface area contributed by atoms with Crippen molar-refractivity contribution in [3.8, 4) is 6.07 Å². The summed E-state index contributed by atoms with van der Waals surface area (Å²) in [4.78, 5) is 16.5. The fourth-order valence-electron chi connectivity index (χ4n) is 2.62. The van der Waals surface area contributed by atoms with Crippen LogP contribution in [0.15, 0.2) is 12.1 Å². The highest BCUT2D eigenvalue weighted by atomic mass is 16.6. The zero-order chi connectivity index (χ0) is 15.2. The number of anilines is 1. The third-order valence-electron chi connectivity index (χ3n) is 3.75. The van der Waals surface area contributed by atoms with Gasteiger partial charge in [-0.15, -0.1) is 0 Å². The average Bonchev–Trinajstić information content (AvgIpc) is 2.52. The SMILES string of the molecule is CCN(CC1CCCNC1)c1ccc([N+](=O)[O-])c(C#N)n1. The van der Waals surface area contributed by atoms with Gasteiger partial charge >= 0.3 is 5.69 Å². The normalized spacial score (nSPS) is 18.0. The molecule has 7 heteroatoms. The molecule has 0 radical (unpaired) electrons. The lowest BCUT2D eigenvalue weighted by molar-refractivity contribution is -0.385. The minimum absolute atomic E-state index is 0.127. The molecule has 2 heterocycles. The quantitative estimate of drug-likeness (QED) is 0.654. The van der Waals surface area contributed by atoms with Crippen LogP contribution < -0.4 is 10.2 Å². The number of nitrogens with zero attached hydrogens (tertiary/aromatic N) is 4. The molecule has 1 aromatic heterocycles. The van der Waals surface area contributed by atoms with Gasteiger partial charge in [-0.1, -0.05) is 0 Å². The van der Waals surface area contributed by atoms with E-state index >= 15 is 0 Å². The van der Waals surface area contributed by atoms with E-state index < -0.39 is 4.92 Å². The van der Waals surface area contributed by atoms with Crippen molar-refractivity contribution >= 4 is 11.5 Å². The molecule has 0 aliphatic carbocycles. The van der Waals surface area contributed by atoms with E-state index in [9.17, 15) is 10.1 Å². The minimum Gasteiger partial charge on any atom is -0.357 e. The maximum absolute atomic E-state index is 10.8. The summed E-state index contributed by atoms with van der Waals surface area (Å²) in [5.41, 5.74) is -0.366. The van der Waals surface area contributed by atoms with Crippen molar-refractivity contribution in [2.75, 3.05) is 31.1 Å². The van der Waals surface area contributed by atoms with Crippen molar-refractivity contribution in [2.45, 2.75) is 19.8 Å². The van der Waals surface area contributed by atoms with E-state index in [4.69, 9.17) is 5.26 Å². The number of nitro groups is 1. The van der Waals surface area contributed by atoms with Gasteiger partial charge in [0.15, 0.2) is 0 Å². The first-order valence-electron chi connectivity index (χ1n) is 7.17. The second-order valence-electron chi connectivity index (χ2n) is 5.16. The highest BCUT2D eigenvalue weighted by molar-refractivity contribution is 5.51. The molecule has 1 unspecified atom stereocenters. The second-order valence-corrected chi connectivity index (χ2v) is 5.16. The largest absolute Gasteiger partial charge is 0.357 e. The smallest absolute Gasteiger partial charge is 0.305 e. The molecular formula is C14H19N5O2. The van der Waals surface area contributed by atoms with E-state index in [1.807, 2.05) is 13.0 Å². The maximum Gasteiger partial charge on any atom is 0.305 e. The van der Waals surface area contributed by atoms with Crippen molar-refractivity contribution in [3.05, 3.63) is 27.9 Å². The number of nitrogens with one attached hydrogen (secondary N) is 1. The lowest BCUT2D eigenvalue weighted by Crippen LogP contribution is -2.38. The summed E-state index contributed by atoms with van der Waals surface area (Å²) in [7, 11) is 0. The summed E-state index contributed by atoms with van der Waals surface area (Å²) in [6.45, 7) is 5.67. The number of pyridine rings is 1. The van der Waals surface area contributed by atoms with Gasteiger partial charge in [-0.2, -0.15) is 5.26 Å². The third kappa shape index (κ3) is 3.67. The Kier molecular flexibility index (Phi) is 5.06. The van der Waals surface area contributed by atoms with E-state index in [-0.39, 0.29) is 11.4 Å². The first kappa shape index (κ1) is 15.2. The van der Waals surface area contributed by atoms with Gasteiger partial charge in [0, 0.05) is 19.2 Å². The zero-order valence-electron chi connectivity index (χ0n) is 12.1. The van der Waals surface area contributed by atoms with Crippen LogP contribution in [0.2, 0.25) is 0 Å². The average molecular weight is 289 g/mol. The standard InChI is InChI=1S/C14H19N5O2/c1-2-18(10-11-4-3-7-16-9-11)14-6-5-13(19(20)21)12(8-15)17-14/h5-6,11,16H,2-4,7,9-10H2,1H3. The molecule has 1 N–H and O–H groups in total. The van der Waals surface area contributed by atoms with Crippen molar-refractivity contribution < 1.29 is 4.92 Å². The van der Waals surface area contributed by atoms with Crippen LogP contribution in [0.4, 0.5) is 11.5 Å². The van der Waals surface area contributed by atoms with E-state index in [1.54, 1.807) is 6.07 Å². The Bertz CT molecular complexity index is 549. The fourth-order valence-corrected chi connectivity index (χ4v) is 2.62. The lowest BCUT2D eigenvalue weighted by atomic mass is 9.99. The van der Waals surface area contributed by atoms with Crippen LogP contribution in [0.1, 0.15) is 25.5 Å². The van der Waals surface area contributed by atoms with Gasteiger partial charge < -0.3 is 10.2 Å². The van der Waals surface area contributed by atoms with Crippen LogP contribution in [0, 0.1) is 27.4 Å². The molecule has 0 spiro atoms.